The lowest BCUT2D eigenvalue weighted by atomic mass is 10.1. The Hall–Kier alpha value is -1.35. The number of aryl methyl sites for hydroxylation is 1. The molecule has 0 amide bonds. The number of nitrogens with one attached hydrogen (secondary N) is 1. The van der Waals surface area contributed by atoms with E-state index in [4.69, 9.17) is 4.42 Å². The Morgan fingerprint density at radius 3 is 2.94 bits per heavy atom. The Morgan fingerprint density at radius 1 is 1.38 bits per heavy atom. The first-order chi connectivity index (χ1) is 7.65. The Bertz CT molecular complexity index is 474. The summed E-state index contributed by atoms with van der Waals surface area (Å²) in [7, 11) is 0. The lowest BCUT2D eigenvalue weighted by molar-refractivity contribution is 0.561. The average molecular weight is 218 g/mol. The fourth-order valence-electron chi connectivity index (χ4n) is 1.75. The van der Waals surface area contributed by atoms with Gasteiger partial charge in [-0.1, -0.05) is 19.9 Å². The molecule has 0 aliphatic carbocycles. The number of fused-ring (bicyclic) bond motifs is 1. The second kappa shape index (κ2) is 4.66. The Morgan fingerprint density at radius 2 is 2.19 bits per heavy atom. The maximum atomic E-state index is 5.44. The van der Waals surface area contributed by atoms with Crippen LogP contribution in [-0.2, 0) is 6.42 Å². The fourth-order valence-corrected chi connectivity index (χ4v) is 1.75. The first-order valence-electron chi connectivity index (χ1n) is 5.74. The largest absolute Gasteiger partial charge is 0.441 e. The zero-order valence-electron chi connectivity index (χ0n) is 10.1. The van der Waals surface area contributed by atoms with E-state index in [0.29, 0.717) is 6.04 Å². The highest BCUT2D eigenvalue weighted by molar-refractivity contribution is 5.73. The quantitative estimate of drug-likeness (QED) is 0.857. The molecule has 0 atom stereocenters. The number of rotatable bonds is 4. The van der Waals surface area contributed by atoms with E-state index in [-0.39, 0.29) is 0 Å². The second-order valence-corrected chi connectivity index (χ2v) is 4.39. The van der Waals surface area contributed by atoms with Gasteiger partial charge in [-0.2, -0.15) is 0 Å². The molecular formula is C13H18N2O. The van der Waals surface area contributed by atoms with E-state index in [1.165, 1.54) is 5.56 Å². The van der Waals surface area contributed by atoms with Crippen LogP contribution >= 0.6 is 0 Å². The Balaban J connectivity index is 2.07. The number of nitrogens with zero attached hydrogens (tertiary/aromatic N) is 1. The van der Waals surface area contributed by atoms with Gasteiger partial charge in [0, 0.05) is 13.0 Å². The van der Waals surface area contributed by atoms with Crippen LogP contribution in [0.3, 0.4) is 0 Å². The third-order valence-electron chi connectivity index (χ3n) is 2.53. The molecule has 2 rings (SSSR count). The Labute approximate surface area is 95.9 Å². The molecule has 0 unspecified atom stereocenters. The second-order valence-electron chi connectivity index (χ2n) is 4.39. The normalized spacial score (nSPS) is 11.5. The van der Waals surface area contributed by atoms with Crippen LogP contribution in [0.1, 0.15) is 25.3 Å². The number of aromatic nitrogens is 1. The van der Waals surface area contributed by atoms with Gasteiger partial charge < -0.3 is 9.73 Å². The van der Waals surface area contributed by atoms with Crippen LogP contribution in [0.25, 0.3) is 11.1 Å². The maximum absolute atomic E-state index is 5.44. The summed E-state index contributed by atoms with van der Waals surface area (Å²) in [5.41, 5.74) is 3.13. The molecule has 86 valence electrons. The van der Waals surface area contributed by atoms with Crippen LogP contribution in [0.5, 0.6) is 0 Å². The van der Waals surface area contributed by atoms with Crippen LogP contribution in [-0.4, -0.2) is 17.6 Å². The fraction of sp³-hybridized carbons (Fsp3) is 0.462. The summed E-state index contributed by atoms with van der Waals surface area (Å²) < 4.78 is 5.44. The van der Waals surface area contributed by atoms with Gasteiger partial charge in [-0.25, -0.2) is 4.98 Å². The van der Waals surface area contributed by atoms with E-state index in [0.717, 1.165) is 30.0 Å². The van der Waals surface area contributed by atoms with Crippen molar-refractivity contribution in [3.05, 3.63) is 29.7 Å². The first kappa shape index (κ1) is 11.1. The molecule has 0 saturated heterocycles. The smallest absolute Gasteiger partial charge is 0.192 e. The van der Waals surface area contributed by atoms with Gasteiger partial charge in [0.25, 0.3) is 0 Å². The van der Waals surface area contributed by atoms with Crippen LogP contribution < -0.4 is 5.32 Å². The molecule has 3 heteroatoms. The Kier molecular flexibility index (Phi) is 3.25. The number of hydrogen-bond acceptors (Lipinski definition) is 3. The minimum absolute atomic E-state index is 0.540. The van der Waals surface area contributed by atoms with E-state index < -0.39 is 0 Å². The number of benzene rings is 1. The SMILES string of the molecule is Cc1nc2cc(CCNC(C)C)ccc2o1. The van der Waals surface area contributed by atoms with E-state index >= 15 is 0 Å². The van der Waals surface area contributed by atoms with Crippen LogP contribution in [0.4, 0.5) is 0 Å². The topological polar surface area (TPSA) is 38.1 Å². The summed E-state index contributed by atoms with van der Waals surface area (Å²) >= 11 is 0. The molecule has 0 radical (unpaired) electrons. The van der Waals surface area contributed by atoms with Gasteiger partial charge in [0.15, 0.2) is 11.5 Å². The molecular weight excluding hydrogens is 200 g/mol. The molecule has 0 fully saturated rings. The van der Waals surface area contributed by atoms with Crippen molar-refractivity contribution in [2.45, 2.75) is 33.2 Å². The number of oxazole rings is 1. The molecule has 3 nitrogen and oxygen atoms in total. The highest BCUT2D eigenvalue weighted by Gasteiger charge is 2.03. The van der Waals surface area contributed by atoms with Crippen LogP contribution in [0, 0.1) is 6.92 Å². The van der Waals surface area contributed by atoms with Gasteiger partial charge in [-0.05, 0) is 30.7 Å². The molecule has 2 aromatic rings. The molecule has 1 heterocycles. The average Bonchev–Trinajstić information content (AvgIpc) is 2.56. The molecule has 0 aliphatic heterocycles. The van der Waals surface area contributed by atoms with E-state index in [2.05, 4.69) is 36.3 Å². The minimum Gasteiger partial charge on any atom is -0.441 e. The van der Waals surface area contributed by atoms with Gasteiger partial charge in [0.05, 0.1) is 0 Å². The van der Waals surface area contributed by atoms with E-state index in [9.17, 15) is 0 Å². The van der Waals surface area contributed by atoms with Crippen molar-refractivity contribution in [2.24, 2.45) is 0 Å². The third-order valence-corrected chi connectivity index (χ3v) is 2.53. The summed E-state index contributed by atoms with van der Waals surface area (Å²) in [5.74, 6) is 0.729. The van der Waals surface area contributed by atoms with Gasteiger partial charge in [-0.15, -0.1) is 0 Å². The molecule has 0 spiro atoms. The summed E-state index contributed by atoms with van der Waals surface area (Å²) in [4.78, 5) is 4.33. The molecule has 0 saturated carbocycles. The van der Waals surface area contributed by atoms with Gasteiger partial charge in [0.2, 0.25) is 0 Å². The summed E-state index contributed by atoms with van der Waals surface area (Å²) in [6.07, 6.45) is 1.03. The van der Waals surface area contributed by atoms with Crippen molar-refractivity contribution in [3.63, 3.8) is 0 Å². The van der Waals surface area contributed by atoms with Crippen molar-refractivity contribution in [2.75, 3.05) is 6.54 Å². The first-order valence-corrected chi connectivity index (χ1v) is 5.74. The zero-order chi connectivity index (χ0) is 11.5. The summed E-state index contributed by atoms with van der Waals surface area (Å²) in [5, 5.41) is 3.40. The molecule has 1 aromatic heterocycles. The number of hydrogen-bond donors (Lipinski definition) is 1. The van der Waals surface area contributed by atoms with Crippen LogP contribution in [0.2, 0.25) is 0 Å². The lowest BCUT2D eigenvalue weighted by Gasteiger charge is -2.07. The molecule has 0 aliphatic rings. The minimum atomic E-state index is 0.540. The van der Waals surface area contributed by atoms with Crippen molar-refractivity contribution >= 4 is 11.1 Å². The van der Waals surface area contributed by atoms with Crippen molar-refractivity contribution < 1.29 is 4.42 Å². The third kappa shape index (κ3) is 2.61. The van der Waals surface area contributed by atoms with Gasteiger partial charge in [-0.3, -0.25) is 0 Å². The summed E-state index contributed by atoms with van der Waals surface area (Å²) in [6, 6.07) is 6.75. The maximum Gasteiger partial charge on any atom is 0.192 e. The monoisotopic (exact) mass is 218 g/mol. The van der Waals surface area contributed by atoms with Gasteiger partial charge >= 0.3 is 0 Å². The molecule has 16 heavy (non-hydrogen) atoms. The lowest BCUT2D eigenvalue weighted by Crippen LogP contribution is -2.24. The molecule has 1 N–H and O–H groups in total. The molecule has 1 aromatic carbocycles. The van der Waals surface area contributed by atoms with Crippen molar-refractivity contribution in [3.8, 4) is 0 Å². The van der Waals surface area contributed by atoms with Gasteiger partial charge in [0.1, 0.15) is 5.52 Å². The zero-order valence-corrected chi connectivity index (χ0v) is 10.1. The highest BCUT2D eigenvalue weighted by atomic mass is 16.3. The summed E-state index contributed by atoms with van der Waals surface area (Å²) in [6.45, 7) is 7.19. The van der Waals surface area contributed by atoms with Crippen molar-refractivity contribution in [1.82, 2.24) is 10.3 Å². The van der Waals surface area contributed by atoms with E-state index in [1.54, 1.807) is 0 Å². The molecule has 0 bridgehead atoms. The predicted molar refractivity (Wildman–Crippen MR) is 65.6 cm³/mol. The van der Waals surface area contributed by atoms with E-state index in [1.807, 2.05) is 13.0 Å². The van der Waals surface area contributed by atoms with Crippen molar-refractivity contribution in [1.29, 1.82) is 0 Å². The predicted octanol–water partition coefficient (Wildman–Crippen LogP) is 2.68. The van der Waals surface area contributed by atoms with Crippen LogP contribution in [0.15, 0.2) is 22.6 Å². The highest BCUT2D eigenvalue weighted by Crippen LogP contribution is 2.16. The standard InChI is InChI=1S/C13H18N2O/c1-9(2)14-7-6-11-4-5-13-12(8-11)15-10(3)16-13/h4-5,8-9,14H,6-7H2,1-3H3.